The molecule has 0 aromatic carbocycles. The van der Waals surface area contributed by atoms with Crippen molar-refractivity contribution in [3.63, 3.8) is 0 Å². The lowest BCUT2D eigenvalue weighted by atomic mass is 9.99. The molecule has 0 bridgehead atoms. The number of allylic oxidation sites excluding steroid dienone is 2. The zero-order valence-corrected chi connectivity index (χ0v) is 25.2. The van der Waals surface area contributed by atoms with Crippen LogP contribution >= 0.6 is 0 Å². The first kappa shape index (κ1) is 38.0. The highest BCUT2D eigenvalue weighted by molar-refractivity contribution is 5.69. The molecule has 252 valence electrons. The van der Waals surface area contributed by atoms with Gasteiger partial charge >= 0.3 is 5.97 Å². The number of esters is 1. The summed E-state index contributed by atoms with van der Waals surface area (Å²) in [5, 5.41) is 77.7. The summed E-state index contributed by atoms with van der Waals surface area (Å²) < 4.78 is 21.3. The Balaban J connectivity index is 1.41. The van der Waals surface area contributed by atoms with Crippen LogP contribution in [0, 0.1) is 0 Å². The fourth-order valence-corrected chi connectivity index (χ4v) is 5.18. The fourth-order valence-electron chi connectivity index (χ4n) is 5.18. The lowest BCUT2D eigenvalue weighted by Gasteiger charge is -2.40. The van der Waals surface area contributed by atoms with Crippen LogP contribution in [0.2, 0.25) is 0 Å². The van der Waals surface area contributed by atoms with E-state index in [0.717, 1.165) is 70.6 Å². The molecule has 0 saturated carbocycles. The Hall–Kier alpha value is -1.23. The minimum atomic E-state index is -1.58. The molecule has 5 unspecified atom stereocenters. The van der Waals surface area contributed by atoms with Gasteiger partial charge in [-0.05, 0) is 45.4 Å². The van der Waals surface area contributed by atoms with Gasteiger partial charge in [0, 0.05) is 6.42 Å². The van der Waals surface area contributed by atoms with Crippen LogP contribution in [0.3, 0.4) is 0 Å². The number of carbonyl (C=O) groups is 1. The molecule has 13 heteroatoms. The fraction of sp³-hybridized carbons (Fsp3) is 0.900. The van der Waals surface area contributed by atoms with Crippen molar-refractivity contribution in [1.82, 2.24) is 0 Å². The minimum absolute atomic E-state index is 0.152. The van der Waals surface area contributed by atoms with E-state index in [0.29, 0.717) is 6.42 Å². The van der Waals surface area contributed by atoms with Gasteiger partial charge in [-0.3, -0.25) is 4.79 Å². The molecule has 2 heterocycles. The molecule has 0 radical (unpaired) electrons. The SMILES string of the molecule is CC(CCCCCC/C=C\CCCCCCCC(=O)O[C@@H]1OC(CO)[C@@H](O)C(O)[C@@H]1O)O[C@@H]1OC(CO)[C@@H](O)C(O)[C@@H]1O. The van der Waals surface area contributed by atoms with E-state index in [2.05, 4.69) is 12.2 Å². The normalized spacial score (nSPS) is 34.0. The molecule has 0 aromatic heterocycles. The Bertz CT molecular complexity index is 779. The van der Waals surface area contributed by atoms with Crippen LogP contribution in [0.4, 0.5) is 0 Å². The highest BCUT2D eigenvalue weighted by Gasteiger charge is 2.46. The number of hydrogen-bond acceptors (Lipinski definition) is 13. The molecular formula is C30H54O13. The molecule has 2 rings (SSSR count). The molecule has 13 nitrogen and oxygen atoms in total. The largest absolute Gasteiger partial charge is 0.433 e. The average molecular weight is 623 g/mol. The summed E-state index contributed by atoms with van der Waals surface area (Å²) in [7, 11) is 0. The standard InChI is InChI=1S/C30H54O13/c1-19(40-29-27(38)25(36)23(34)20(17-31)41-29)15-13-11-9-7-5-3-2-4-6-8-10-12-14-16-22(33)43-30-28(39)26(37)24(35)21(18-32)42-30/h2-3,19-21,23-32,34-39H,4-18H2,1H3/b3-2-/t19?,20?,21?,23-,24-,25?,26?,27+,28+,29-,30+/m1/s1. The van der Waals surface area contributed by atoms with Gasteiger partial charge in [0.2, 0.25) is 6.29 Å². The van der Waals surface area contributed by atoms with Crippen molar-refractivity contribution in [2.75, 3.05) is 13.2 Å². The third-order valence-corrected chi connectivity index (χ3v) is 7.96. The van der Waals surface area contributed by atoms with E-state index in [-0.39, 0.29) is 12.5 Å². The number of carbonyl (C=O) groups excluding carboxylic acids is 1. The van der Waals surface area contributed by atoms with Crippen molar-refractivity contribution in [3.8, 4) is 0 Å². The molecule has 2 aliphatic heterocycles. The number of aliphatic hydroxyl groups excluding tert-OH is 8. The molecule has 0 spiro atoms. The lowest BCUT2D eigenvalue weighted by molar-refractivity contribution is -0.310. The lowest BCUT2D eigenvalue weighted by Crippen LogP contribution is -2.59. The first-order valence-corrected chi connectivity index (χ1v) is 15.7. The summed E-state index contributed by atoms with van der Waals surface area (Å²) in [5.41, 5.74) is 0. The Kier molecular flexibility index (Phi) is 18.3. The van der Waals surface area contributed by atoms with Gasteiger partial charge in [-0.2, -0.15) is 0 Å². The number of ether oxygens (including phenoxy) is 4. The summed E-state index contributed by atoms with van der Waals surface area (Å²) >= 11 is 0. The van der Waals surface area contributed by atoms with Gasteiger partial charge in [0.1, 0.15) is 48.8 Å². The predicted molar refractivity (Wildman–Crippen MR) is 153 cm³/mol. The Morgan fingerprint density at radius 1 is 0.651 bits per heavy atom. The molecule has 43 heavy (non-hydrogen) atoms. The maximum atomic E-state index is 12.0. The molecule has 2 saturated heterocycles. The van der Waals surface area contributed by atoms with E-state index >= 15 is 0 Å². The number of rotatable bonds is 20. The summed E-state index contributed by atoms with van der Waals surface area (Å²) in [4.78, 5) is 12.0. The van der Waals surface area contributed by atoms with Gasteiger partial charge in [-0.1, -0.05) is 50.7 Å². The molecule has 0 amide bonds. The highest BCUT2D eigenvalue weighted by Crippen LogP contribution is 2.25. The van der Waals surface area contributed by atoms with Crippen LogP contribution in [-0.4, -0.2) is 128 Å². The first-order chi connectivity index (χ1) is 20.6. The molecule has 8 N–H and O–H groups in total. The van der Waals surface area contributed by atoms with Crippen LogP contribution in [0.25, 0.3) is 0 Å². The van der Waals surface area contributed by atoms with Crippen LogP contribution in [0.15, 0.2) is 12.2 Å². The molecule has 2 aliphatic rings. The van der Waals surface area contributed by atoms with Crippen molar-refractivity contribution in [1.29, 1.82) is 0 Å². The number of aliphatic hydroxyl groups is 8. The molecular weight excluding hydrogens is 568 g/mol. The molecule has 11 atom stereocenters. The van der Waals surface area contributed by atoms with E-state index in [1.165, 1.54) is 0 Å². The zero-order chi connectivity index (χ0) is 31.8. The van der Waals surface area contributed by atoms with Gasteiger partial charge in [0.25, 0.3) is 0 Å². The number of hydrogen-bond donors (Lipinski definition) is 8. The molecule has 0 aliphatic carbocycles. The van der Waals surface area contributed by atoms with Gasteiger partial charge in [0.05, 0.1) is 19.3 Å². The Morgan fingerprint density at radius 2 is 1.12 bits per heavy atom. The first-order valence-electron chi connectivity index (χ1n) is 15.7. The van der Waals surface area contributed by atoms with Crippen molar-refractivity contribution in [2.45, 2.75) is 158 Å². The number of unbranched alkanes of at least 4 members (excludes halogenated alkanes) is 9. The molecule has 2 fully saturated rings. The highest BCUT2D eigenvalue weighted by atomic mass is 16.7. The summed E-state index contributed by atoms with van der Waals surface area (Å²) in [6.45, 7) is 0.812. The Morgan fingerprint density at radius 3 is 1.67 bits per heavy atom. The zero-order valence-electron chi connectivity index (χ0n) is 25.2. The summed E-state index contributed by atoms with van der Waals surface area (Å²) in [6.07, 6.45) is 2.50. The van der Waals surface area contributed by atoms with Crippen molar-refractivity contribution < 1.29 is 64.6 Å². The van der Waals surface area contributed by atoms with Crippen LogP contribution < -0.4 is 0 Å². The second-order valence-corrected chi connectivity index (χ2v) is 11.6. The van der Waals surface area contributed by atoms with Crippen LogP contribution in [0.1, 0.15) is 90.4 Å². The van der Waals surface area contributed by atoms with Gasteiger partial charge in [-0.15, -0.1) is 0 Å². The third-order valence-electron chi connectivity index (χ3n) is 7.96. The van der Waals surface area contributed by atoms with Gasteiger partial charge in [-0.25, -0.2) is 0 Å². The van der Waals surface area contributed by atoms with Gasteiger partial charge < -0.3 is 59.8 Å². The quantitative estimate of drug-likeness (QED) is 0.0517. The van der Waals surface area contributed by atoms with Crippen molar-refractivity contribution in [2.24, 2.45) is 0 Å². The van der Waals surface area contributed by atoms with Crippen molar-refractivity contribution in [3.05, 3.63) is 12.2 Å². The van der Waals surface area contributed by atoms with E-state index in [4.69, 9.17) is 18.9 Å². The third kappa shape index (κ3) is 13.0. The van der Waals surface area contributed by atoms with E-state index < -0.39 is 80.6 Å². The second kappa shape index (κ2) is 20.7. The van der Waals surface area contributed by atoms with Crippen LogP contribution in [0.5, 0.6) is 0 Å². The Labute approximate surface area is 254 Å². The smallest absolute Gasteiger partial charge is 0.308 e. The maximum absolute atomic E-state index is 12.0. The topological polar surface area (TPSA) is 216 Å². The summed E-state index contributed by atoms with van der Waals surface area (Å²) in [5.74, 6) is -0.566. The van der Waals surface area contributed by atoms with E-state index in [1.54, 1.807) is 0 Å². The maximum Gasteiger partial charge on any atom is 0.308 e. The monoisotopic (exact) mass is 622 g/mol. The summed E-state index contributed by atoms with van der Waals surface area (Å²) in [6, 6.07) is 0. The average Bonchev–Trinajstić information content (AvgIpc) is 2.99. The predicted octanol–water partition coefficient (Wildman–Crippen LogP) is 0.162. The van der Waals surface area contributed by atoms with Gasteiger partial charge in [0.15, 0.2) is 6.29 Å². The van der Waals surface area contributed by atoms with E-state index in [1.807, 2.05) is 6.92 Å². The molecule has 0 aromatic rings. The van der Waals surface area contributed by atoms with Crippen LogP contribution in [-0.2, 0) is 23.7 Å². The van der Waals surface area contributed by atoms with Crippen molar-refractivity contribution >= 4 is 5.97 Å². The minimum Gasteiger partial charge on any atom is -0.433 e. The van der Waals surface area contributed by atoms with E-state index in [9.17, 15) is 45.6 Å². The second-order valence-electron chi connectivity index (χ2n) is 11.6.